The van der Waals surface area contributed by atoms with E-state index < -0.39 is 5.38 Å². The number of hydrogen-bond acceptors (Lipinski definition) is 6. The van der Waals surface area contributed by atoms with Crippen molar-refractivity contribution in [2.45, 2.75) is 42.6 Å². The van der Waals surface area contributed by atoms with Gasteiger partial charge in [-0.15, -0.1) is 23.4 Å². The van der Waals surface area contributed by atoms with Crippen LogP contribution in [0, 0.1) is 0 Å². The quantitative estimate of drug-likeness (QED) is 0.714. The molecule has 0 saturated carbocycles. The fraction of sp³-hybridized carbons (Fsp3) is 0.579. The minimum absolute atomic E-state index is 0.00470. The number of thioether (sulfide) groups is 1. The fourth-order valence-corrected chi connectivity index (χ4v) is 5.33. The number of benzene rings is 1. The first-order valence-electron chi connectivity index (χ1n) is 9.46. The molecule has 1 aromatic rings. The van der Waals surface area contributed by atoms with Crippen molar-refractivity contribution in [1.82, 2.24) is 15.5 Å². The van der Waals surface area contributed by atoms with Gasteiger partial charge in [0.1, 0.15) is 5.38 Å². The Morgan fingerprint density at radius 3 is 2.86 bits per heavy atom. The van der Waals surface area contributed by atoms with Crippen LogP contribution in [-0.4, -0.2) is 58.6 Å². The number of alkyl halides is 1. The molecule has 2 N–H and O–H groups in total. The molecule has 28 heavy (non-hydrogen) atoms. The van der Waals surface area contributed by atoms with Gasteiger partial charge in [-0.3, -0.25) is 14.9 Å². The molecule has 152 valence electrons. The number of carbonyl (C=O) groups is 2. The topological polar surface area (TPSA) is 79.9 Å². The summed E-state index contributed by atoms with van der Waals surface area (Å²) in [5, 5.41) is 6.02. The van der Waals surface area contributed by atoms with Crippen LogP contribution >= 0.6 is 23.4 Å². The zero-order valence-electron chi connectivity index (χ0n) is 15.7. The average Bonchev–Trinajstić information content (AvgIpc) is 3.33. The first kappa shape index (κ1) is 19.7. The molecule has 3 aliphatic rings. The summed E-state index contributed by atoms with van der Waals surface area (Å²) in [5.41, 5.74) is 0.972. The van der Waals surface area contributed by atoms with E-state index in [1.807, 2.05) is 23.1 Å². The van der Waals surface area contributed by atoms with Gasteiger partial charge in [-0.25, -0.2) is 0 Å². The lowest BCUT2D eigenvalue weighted by Gasteiger charge is -2.39. The maximum Gasteiger partial charge on any atom is 0.240 e. The number of fused-ring (bicyclic) bond motifs is 1. The van der Waals surface area contributed by atoms with Gasteiger partial charge in [-0.2, -0.15) is 0 Å². The summed E-state index contributed by atoms with van der Waals surface area (Å²) >= 11 is 7.70. The second kappa shape index (κ2) is 8.00. The molecule has 3 aliphatic heterocycles. The zero-order chi connectivity index (χ0) is 19.7. The second-order valence-corrected chi connectivity index (χ2v) is 9.41. The number of nitrogens with one attached hydrogen (secondary N) is 2. The molecular formula is C19H24ClN3O4S. The first-order valence-corrected chi connectivity index (χ1v) is 10.9. The van der Waals surface area contributed by atoms with Crippen LogP contribution in [-0.2, 0) is 16.1 Å². The van der Waals surface area contributed by atoms with E-state index in [-0.39, 0.29) is 29.5 Å². The normalized spacial score (nSPS) is 23.6. The Balaban J connectivity index is 1.27. The van der Waals surface area contributed by atoms with E-state index in [1.165, 1.54) is 0 Å². The molecule has 0 aromatic heterocycles. The Bertz CT molecular complexity index is 768. The van der Waals surface area contributed by atoms with Gasteiger partial charge in [-0.1, -0.05) is 6.07 Å². The van der Waals surface area contributed by atoms with E-state index in [1.54, 1.807) is 18.7 Å². The maximum atomic E-state index is 12.6. The van der Waals surface area contributed by atoms with E-state index in [9.17, 15) is 9.59 Å². The number of likely N-dealkylation sites (tertiary alicyclic amines) is 1. The number of carbonyl (C=O) groups excluding carboxylic acids is 2. The van der Waals surface area contributed by atoms with Crippen molar-refractivity contribution in [1.29, 1.82) is 0 Å². The molecule has 9 heteroatoms. The van der Waals surface area contributed by atoms with Crippen LogP contribution in [0.4, 0.5) is 0 Å². The third-order valence-corrected chi connectivity index (χ3v) is 7.17. The molecular weight excluding hydrogens is 402 g/mol. The molecule has 1 spiro atoms. The third-order valence-electron chi connectivity index (χ3n) is 5.41. The monoisotopic (exact) mass is 425 g/mol. The molecule has 2 atom stereocenters. The minimum Gasteiger partial charge on any atom is -0.454 e. The predicted molar refractivity (Wildman–Crippen MR) is 108 cm³/mol. The second-order valence-electron chi connectivity index (χ2n) is 7.35. The lowest BCUT2D eigenvalue weighted by Crippen LogP contribution is -2.54. The number of halogens is 1. The summed E-state index contributed by atoms with van der Waals surface area (Å²) in [5.74, 6) is 2.16. The van der Waals surface area contributed by atoms with Crippen molar-refractivity contribution in [2.24, 2.45) is 0 Å². The van der Waals surface area contributed by atoms with Crippen molar-refractivity contribution in [2.75, 3.05) is 25.6 Å². The molecule has 4 rings (SSSR count). The largest absolute Gasteiger partial charge is 0.454 e. The number of hydrogen-bond donors (Lipinski definition) is 2. The number of amides is 2. The van der Waals surface area contributed by atoms with Gasteiger partial charge in [0.15, 0.2) is 11.5 Å². The van der Waals surface area contributed by atoms with Crippen LogP contribution < -0.4 is 20.1 Å². The Kier molecular flexibility index (Phi) is 5.62. The summed E-state index contributed by atoms with van der Waals surface area (Å²) in [4.78, 5) is 26.4. The fourth-order valence-electron chi connectivity index (χ4n) is 3.78. The summed E-state index contributed by atoms with van der Waals surface area (Å²) < 4.78 is 10.7. The number of ether oxygens (including phenoxy) is 2. The molecule has 2 amide bonds. The lowest BCUT2D eigenvalue weighted by molar-refractivity contribution is -0.132. The molecule has 2 unspecified atom stereocenters. The summed E-state index contributed by atoms with van der Waals surface area (Å²) in [6.07, 6.45) is 1.64. The number of rotatable bonds is 4. The van der Waals surface area contributed by atoms with Crippen LogP contribution in [0.2, 0.25) is 0 Å². The summed E-state index contributed by atoms with van der Waals surface area (Å²) in [6.45, 7) is 3.73. The molecule has 1 aromatic carbocycles. The van der Waals surface area contributed by atoms with Gasteiger partial charge in [0, 0.05) is 25.4 Å². The maximum absolute atomic E-state index is 12.6. The Morgan fingerprint density at radius 2 is 2.11 bits per heavy atom. The highest BCUT2D eigenvalue weighted by Crippen LogP contribution is 2.39. The van der Waals surface area contributed by atoms with E-state index in [0.29, 0.717) is 25.4 Å². The molecule has 0 aliphatic carbocycles. The molecule has 0 radical (unpaired) electrons. The summed E-state index contributed by atoms with van der Waals surface area (Å²) in [7, 11) is 0. The van der Waals surface area contributed by atoms with Gasteiger partial charge in [0.05, 0.1) is 10.9 Å². The average molecular weight is 426 g/mol. The highest BCUT2D eigenvalue weighted by atomic mass is 35.5. The van der Waals surface area contributed by atoms with Gasteiger partial charge < -0.3 is 19.7 Å². The SMILES string of the molecule is CC(Cl)C(=O)N1CCC2(CC1)NC(C(=O)NCc1ccc3c(c1)OCO3)CS2. The van der Waals surface area contributed by atoms with Gasteiger partial charge in [0.25, 0.3) is 0 Å². The zero-order valence-corrected chi connectivity index (χ0v) is 17.3. The highest BCUT2D eigenvalue weighted by molar-refractivity contribution is 8.01. The van der Waals surface area contributed by atoms with Crippen molar-refractivity contribution in [3.63, 3.8) is 0 Å². The van der Waals surface area contributed by atoms with E-state index >= 15 is 0 Å². The van der Waals surface area contributed by atoms with Crippen LogP contribution in [0.5, 0.6) is 11.5 Å². The van der Waals surface area contributed by atoms with Gasteiger partial charge >= 0.3 is 0 Å². The molecule has 2 saturated heterocycles. The van der Waals surface area contributed by atoms with Crippen molar-refractivity contribution >= 4 is 35.2 Å². The number of piperidine rings is 1. The number of nitrogens with zero attached hydrogens (tertiary/aromatic N) is 1. The third kappa shape index (κ3) is 4.04. The Labute approximate surface area is 173 Å². The smallest absolute Gasteiger partial charge is 0.240 e. The van der Waals surface area contributed by atoms with Crippen LogP contribution in [0.1, 0.15) is 25.3 Å². The van der Waals surface area contributed by atoms with Crippen molar-refractivity contribution < 1.29 is 19.1 Å². The van der Waals surface area contributed by atoms with E-state index in [2.05, 4.69) is 10.6 Å². The van der Waals surface area contributed by atoms with Gasteiger partial charge in [-0.05, 0) is 37.5 Å². The van der Waals surface area contributed by atoms with Crippen LogP contribution in [0.3, 0.4) is 0 Å². The first-order chi connectivity index (χ1) is 13.5. The Morgan fingerprint density at radius 1 is 1.36 bits per heavy atom. The molecule has 3 heterocycles. The Hall–Kier alpha value is -1.64. The van der Waals surface area contributed by atoms with Crippen LogP contribution in [0.25, 0.3) is 0 Å². The molecule has 7 nitrogen and oxygen atoms in total. The van der Waals surface area contributed by atoms with Crippen molar-refractivity contribution in [3.05, 3.63) is 23.8 Å². The van der Waals surface area contributed by atoms with E-state index in [4.69, 9.17) is 21.1 Å². The molecule has 0 bridgehead atoms. The standard InChI is InChI=1S/C19H24ClN3O4S/c1-12(20)18(25)23-6-4-19(5-7-23)22-14(10-28-19)17(24)21-9-13-2-3-15-16(8-13)27-11-26-15/h2-3,8,12,14,22H,4-7,9-11H2,1H3,(H,21,24). The van der Waals surface area contributed by atoms with Crippen LogP contribution in [0.15, 0.2) is 18.2 Å². The van der Waals surface area contributed by atoms with Crippen molar-refractivity contribution in [3.8, 4) is 11.5 Å². The minimum atomic E-state index is -0.493. The van der Waals surface area contributed by atoms with Gasteiger partial charge in [0.2, 0.25) is 18.6 Å². The highest BCUT2D eigenvalue weighted by Gasteiger charge is 2.44. The van der Waals surface area contributed by atoms with E-state index in [0.717, 1.165) is 29.9 Å². The summed E-state index contributed by atoms with van der Waals surface area (Å²) in [6, 6.07) is 5.45. The molecule has 2 fully saturated rings. The lowest BCUT2D eigenvalue weighted by atomic mass is 10.0. The predicted octanol–water partition coefficient (Wildman–Crippen LogP) is 1.68.